The van der Waals surface area contributed by atoms with Crippen molar-refractivity contribution in [3.63, 3.8) is 0 Å². The highest BCUT2D eigenvalue weighted by Crippen LogP contribution is 2.29. The number of allylic oxidation sites excluding steroid dienone is 2. The van der Waals surface area contributed by atoms with Gasteiger partial charge in [-0.25, -0.2) is 0 Å². The summed E-state index contributed by atoms with van der Waals surface area (Å²) in [4.78, 5) is 10.5. The highest BCUT2D eigenvalue weighted by molar-refractivity contribution is 6.18. The van der Waals surface area contributed by atoms with Gasteiger partial charge in [0.15, 0.2) is 0 Å². The lowest BCUT2D eigenvalue weighted by molar-refractivity contribution is -0.554. The lowest BCUT2D eigenvalue weighted by Gasteiger charge is -2.26. The van der Waals surface area contributed by atoms with Crippen LogP contribution in [0.2, 0.25) is 0 Å². The van der Waals surface area contributed by atoms with Crippen LogP contribution in [0.15, 0.2) is 37.0 Å². The van der Waals surface area contributed by atoms with Crippen molar-refractivity contribution in [1.82, 2.24) is 0 Å². The molecule has 0 amide bonds. The van der Waals surface area contributed by atoms with Crippen LogP contribution >= 0.6 is 11.6 Å². The van der Waals surface area contributed by atoms with Gasteiger partial charge in [0, 0.05) is 4.92 Å². The molecule has 0 heterocycles. The van der Waals surface area contributed by atoms with E-state index in [-0.39, 0.29) is 16.7 Å². The Balaban J connectivity index is 3.09. The molecule has 3 nitrogen and oxygen atoms in total. The number of nitro groups is 1. The maximum atomic E-state index is 10.9. The molecule has 2 unspecified atom stereocenters. The van der Waals surface area contributed by atoms with Gasteiger partial charge in [-0.1, -0.05) is 24.3 Å². The van der Waals surface area contributed by atoms with Crippen molar-refractivity contribution in [3.05, 3.63) is 47.1 Å². The first-order chi connectivity index (χ1) is 6.17. The quantitative estimate of drug-likeness (QED) is 0.303. The zero-order valence-corrected chi connectivity index (χ0v) is 7.78. The SMILES string of the molecule is C=CC1C=CC=CC1(CCl)[N+](=O)[O-]. The molecule has 4 heteroatoms. The smallest absolute Gasteiger partial charge is 0.263 e. The Kier molecular flexibility index (Phi) is 2.88. The molecule has 1 rings (SSSR count). The molecular formula is C9H10ClNO2. The molecule has 2 atom stereocenters. The fraction of sp³-hybridized carbons (Fsp3) is 0.333. The van der Waals surface area contributed by atoms with Crippen molar-refractivity contribution in [2.45, 2.75) is 5.54 Å². The maximum absolute atomic E-state index is 10.9. The number of alkyl halides is 1. The molecule has 1 aliphatic rings. The van der Waals surface area contributed by atoms with Gasteiger partial charge in [-0.05, 0) is 6.08 Å². The van der Waals surface area contributed by atoms with E-state index in [9.17, 15) is 10.1 Å². The third kappa shape index (κ3) is 1.52. The van der Waals surface area contributed by atoms with E-state index in [1.54, 1.807) is 24.3 Å². The largest absolute Gasteiger partial charge is 0.264 e. The zero-order chi connectivity index (χ0) is 9.90. The summed E-state index contributed by atoms with van der Waals surface area (Å²) < 4.78 is 0. The fourth-order valence-electron chi connectivity index (χ4n) is 1.33. The molecule has 0 aliphatic heterocycles. The van der Waals surface area contributed by atoms with Gasteiger partial charge in [0.05, 0.1) is 11.8 Å². The van der Waals surface area contributed by atoms with Crippen LogP contribution < -0.4 is 0 Å². The number of hydrogen-bond acceptors (Lipinski definition) is 2. The van der Waals surface area contributed by atoms with E-state index in [0.29, 0.717) is 0 Å². The Bertz CT molecular complexity index is 285. The van der Waals surface area contributed by atoms with Crippen LogP contribution in [-0.4, -0.2) is 16.3 Å². The van der Waals surface area contributed by atoms with Gasteiger partial charge in [0.1, 0.15) is 0 Å². The monoisotopic (exact) mass is 199 g/mol. The van der Waals surface area contributed by atoms with Crippen LogP contribution in [0.3, 0.4) is 0 Å². The molecule has 0 fully saturated rings. The molecule has 1 aliphatic carbocycles. The minimum Gasteiger partial charge on any atom is -0.264 e. The second-order valence-corrected chi connectivity index (χ2v) is 3.15. The Morgan fingerprint density at radius 3 is 2.77 bits per heavy atom. The van der Waals surface area contributed by atoms with Crippen LogP contribution in [-0.2, 0) is 0 Å². The number of halogens is 1. The summed E-state index contributed by atoms with van der Waals surface area (Å²) in [5, 5.41) is 10.9. The Morgan fingerprint density at radius 1 is 1.69 bits per heavy atom. The lowest BCUT2D eigenvalue weighted by atomic mass is 9.83. The van der Waals surface area contributed by atoms with Crippen LogP contribution in [0.25, 0.3) is 0 Å². The molecule has 13 heavy (non-hydrogen) atoms. The van der Waals surface area contributed by atoms with Gasteiger partial charge in [0.25, 0.3) is 5.54 Å². The van der Waals surface area contributed by atoms with Crippen molar-refractivity contribution in [3.8, 4) is 0 Å². The van der Waals surface area contributed by atoms with Gasteiger partial charge in [-0.15, -0.1) is 18.2 Å². The first-order valence-corrected chi connectivity index (χ1v) is 4.40. The minimum atomic E-state index is -1.21. The number of nitrogens with zero attached hydrogens (tertiary/aromatic N) is 1. The van der Waals surface area contributed by atoms with Crippen LogP contribution in [0.5, 0.6) is 0 Å². The van der Waals surface area contributed by atoms with Crippen molar-refractivity contribution < 1.29 is 4.92 Å². The Hall–Kier alpha value is -1.09. The predicted octanol–water partition coefficient (Wildman–Crippen LogP) is 2.17. The molecule has 0 saturated carbocycles. The van der Waals surface area contributed by atoms with Crippen LogP contribution in [0, 0.1) is 16.0 Å². The van der Waals surface area contributed by atoms with E-state index in [4.69, 9.17) is 11.6 Å². The second-order valence-electron chi connectivity index (χ2n) is 2.89. The summed E-state index contributed by atoms with van der Waals surface area (Å²) in [5.41, 5.74) is -1.21. The third-order valence-corrected chi connectivity index (χ3v) is 2.63. The highest BCUT2D eigenvalue weighted by atomic mass is 35.5. The summed E-state index contributed by atoms with van der Waals surface area (Å²) in [6.45, 7) is 3.56. The van der Waals surface area contributed by atoms with Gasteiger partial charge < -0.3 is 0 Å². The third-order valence-electron chi connectivity index (χ3n) is 2.20. The van der Waals surface area contributed by atoms with E-state index < -0.39 is 5.54 Å². The molecule has 0 aromatic heterocycles. The molecule has 0 aromatic carbocycles. The maximum Gasteiger partial charge on any atom is 0.263 e. The molecule has 0 aromatic rings. The summed E-state index contributed by atoms with van der Waals surface area (Å²) in [7, 11) is 0. The predicted molar refractivity (Wildman–Crippen MR) is 52.4 cm³/mol. The van der Waals surface area contributed by atoms with E-state index >= 15 is 0 Å². The number of hydrogen-bond donors (Lipinski definition) is 0. The molecule has 0 bridgehead atoms. The minimum absolute atomic E-state index is 0.0441. The van der Waals surface area contributed by atoms with Crippen LogP contribution in [0.4, 0.5) is 0 Å². The molecule has 0 spiro atoms. The topological polar surface area (TPSA) is 43.1 Å². The fourth-order valence-corrected chi connectivity index (χ4v) is 1.70. The molecule has 70 valence electrons. The summed E-state index contributed by atoms with van der Waals surface area (Å²) in [5.74, 6) is -0.373. The molecule has 0 N–H and O–H groups in total. The molecule has 0 saturated heterocycles. The standard InChI is InChI=1S/C9H10ClNO2/c1-2-8-5-3-4-6-9(8,7-10)11(12)13/h2-6,8H,1,7H2. The molecular weight excluding hydrogens is 190 g/mol. The van der Waals surface area contributed by atoms with E-state index in [1.165, 1.54) is 6.08 Å². The van der Waals surface area contributed by atoms with E-state index in [0.717, 1.165) is 0 Å². The Labute approximate surface area is 81.5 Å². The summed E-state index contributed by atoms with van der Waals surface area (Å²) in [6.07, 6.45) is 8.21. The first-order valence-electron chi connectivity index (χ1n) is 3.86. The van der Waals surface area contributed by atoms with Crippen molar-refractivity contribution in [1.29, 1.82) is 0 Å². The normalized spacial score (nSPS) is 31.6. The van der Waals surface area contributed by atoms with Gasteiger partial charge in [0.2, 0.25) is 0 Å². The second kappa shape index (κ2) is 3.75. The molecule has 0 radical (unpaired) electrons. The number of rotatable bonds is 3. The average molecular weight is 200 g/mol. The first kappa shape index (κ1) is 9.99. The van der Waals surface area contributed by atoms with Crippen molar-refractivity contribution in [2.24, 2.45) is 5.92 Å². The average Bonchev–Trinajstić information content (AvgIpc) is 2.17. The van der Waals surface area contributed by atoms with Crippen LogP contribution in [0.1, 0.15) is 0 Å². The highest BCUT2D eigenvalue weighted by Gasteiger charge is 2.45. The van der Waals surface area contributed by atoms with Crippen molar-refractivity contribution >= 4 is 11.6 Å². The summed E-state index contributed by atoms with van der Waals surface area (Å²) >= 11 is 5.63. The van der Waals surface area contributed by atoms with E-state index in [1.807, 2.05) is 0 Å². The van der Waals surface area contributed by atoms with Gasteiger partial charge in [-0.2, -0.15) is 0 Å². The Morgan fingerprint density at radius 2 is 2.38 bits per heavy atom. The van der Waals surface area contributed by atoms with Gasteiger partial charge >= 0.3 is 0 Å². The summed E-state index contributed by atoms with van der Waals surface area (Å²) in [6, 6.07) is 0. The van der Waals surface area contributed by atoms with Crippen molar-refractivity contribution in [2.75, 3.05) is 5.88 Å². The van der Waals surface area contributed by atoms with E-state index in [2.05, 4.69) is 6.58 Å². The van der Waals surface area contributed by atoms with Gasteiger partial charge in [-0.3, -0.25) is 10.1 Å². The lowest BCUT2D eigenvalue weighted by Crippen LogP contribution is -2.45. The zero-order valence-electron chi connectivity index (χ0n) is 7.02.